The molecule has 28 heavy (non-hydrogen) atoms. The first-order chi connectivity index (χ1) is 12.9. The molecule has 0 saturated heterocycles. The van der Waals surface area contributed by atoms with Crippen molar-refractivity contribution in [1.29, 1.82) is 0 Å². The average molecular weight is 407 g/mol. The van der Waals surface area contributed by atoms with Crippen molar-refractivity contribution < 1.29 is 20.1 Å². The molecular weight excluding hydrogens is 384 g/mol. The molecule has 3 rings (SSSR count). The van der Waals surface area contributed by atoms with Gasteiger partial charge in [-0.1, -0.05) is 5.21 Å². The zero-order valence-electron chi connectivity index (χ0n) is 15.6. The molecule has 1 atom stereocenters. The van der Waals surface area contributed by atoms with Crippen LogP contribution in [0.25, 0.3) is 16.9 Å². The van der Waals surface area contributed by atoms with E-state index < -0.39 is 6.10 Å². The van der Waals surface area contributed by atoms with Crippen LogP contribution in [0.2, 0.25) is 0 Å². The number of nitrogens with zero attached hydrogens (tertiary/aromatic N) is 4. The largest absolute Gasteiger partial charge is 0.504 e. The standard InChI is InChI=1S/C19H22N4O4.ClH/c1-22(2)10-15(24)12-27-16-6-4-14(5-7-16)23-11-17(20-21-23)13-3-8-18(25)19(26)9-13;/h3-9,11,15,24-26H,10,12H2,1-2H3;1H. The van der Waals surface area contributed by atoms with E-state index >= 15 is 0 Å². The molecule has 0 aliphatic carbocycles. The fourth-order valence-electron chi connectivity index (χ4n) is 2.57. The third-order valence-electron chi connectivity index (χ3n) is 3.88. The summed E-state index contributed by atoms with van der Waals surface area (Å²) in [6.45, 7) is 0.752. The van der Waals surface area contributed by atoms with Crippen molar-refractivity contribution in [2.75, 3.05) is 27.2 Å². The predicted molar refractivity (Wildman–Crippen MR) is 107 cm³/mol. The predicted octanol–water partition coefficient (Wildman–Crippen LogP) is 2.07. The summed E-state index contributed by atoms with van der Waals surface area (Å²) in [7, 11) is 3.79. The van der Waals surface area contributed by atoms with E-state index in [0.29, 0.717) is 23.6 Å². The molecule has 0 aliphatic rings. The highest BCUT2D eigenvalue weighted by Gasteiger charge is 2.09. The number of aromatic hydroxyl groups is 2. The van der Waals surface area contributed by atoms with Crippen LogP contribution in [0.4, 0.5) is 0 Å². The SMILES string of the molecule is CN(C)CC(O)COc1ccc(-n2cc(-c3ccc(O)c(O)c3)nn2)cc1.Cl. The summed E-state index contributed by atoms with van der Waals surface area (Å²) in [4.78, 5) is 1.90. The van der Waals surface area contributed by atoms with E-state index in [4.69, 9.17) is 4.74 Å². The van der Waals surface area contributed by atoms with Gasteiger partial charge in [0.15, 0.2) is 11.5 Å². The smallest absolute Gasteiger partial charge is 0.158 e. The van der Waals surface area contributed by atoms with Crippen molar-refractivity contribution in [1.82, 2.24) is 19.9 Å². The molecule has 0 bridgehead atoms. The van der Waals surface area contributed by atoms with Crippen molar-refractivity contribution in [3.8, 4) is 34.2 Å². The van der Waals surface area contributed by atoms with E-state index in [1.165, 1.54) is 12.1 Å². The molecule has 0 saturated carbocycles. The number of aliphatic hydroxyl groups excluding tert-OH is 1. The number of phenols is 2. The number of benzene rings is 2. The molecule has 0 radical (unpaired) electrons. The van der Waals surface area contributed by atoms with Gasteiger partial charge in [0.2, 0.25) is 0 Å². The van der Waals surface area contributed by atoms with Crippen molar-refractivity contribution in [3.63, 3.8) is 0 Å². The fraction of sp³-hybridized carbons (Fsp3) is 0.263. The number of halogens is 1. The van der Waals surface area contributed by atoms with Gasteiger partial charge in [0.1, 0.15) is 24.2 Å². The summed E-state index contributed by atoms with van der Waals surface area (Å²) in [5, 5.41) is 37.0. The number of aliphatic hydroxyl groups is 1. The molecule has 0 fully saturated rings. The third-order valence-corrected chi connectivity index (χ3v) is 3.88. The Balaban J connectivity index is 0.00000280. The van der Waals surface area contributed by atoms with Crippen LogP contribution in [0.15, 0.2) is 48.7 Å². The lowest BCUT2D eigenvalue weighted by molar-refractivity contribution is 0.0831. The average Bonchev–Trinajstić information content (AvgIpc) is 3.12. The van der Waals surface area contributed by atoms with E-state index in [-0.39, 0.29) is 30.5 Å². The Morgan fingerprint density at radius 1 is 1.07 bits per heavy atom. The topological polar surface area (TPSA) is 104 Å². The highest BCUT2D eigenvalue weighted by molar-refractivity contribution is 5.85. The summed E-state index contributed by atoms with van der Waals surface area (Å²) < 4.78 is 7.19. The lowest BCUT2D eigenvalue weighted by Crippen LogP contribution is -2.30. The van der Waals surface area contributed by atoms with Gasteiger partial charge in [-0.3, -0.25) is 0 Å². The minimum Gasteiger partial charge on any atom is -0.504 e. The summed E-state index contributed by atoms with van der Waals surface area (Å²) in [6, 6.07) is 11.7. The van der Waals surface area contributed by atoms with Gasteiger partial charge in [-0.2, -0.15) is 0 Å². The number of rotatable bonds is 7. The van der Waals surface area contributed by atoms with Crippen molar-refractivity contribution in [2.45, 2.75) is 6.10 Å². The minimum atomic E-state index is -0.556. The number of hydrogen-bond acceptors (Lipinski definition) is 7. The van der Waals surface area contributed by atoms with Gasteiger partial charge in [-0.05, 0) is 56.6 Å². The Kier molecular flexibility index (Phi) is 7.22. The van der Waals surface area contributed by atoms with E-state index in [9.17, 15) is 15.3 Å². The molecular formula is C19H23ClN4O4. The van der Waals surface area contributed by atoms with E-state index in [2.05, 4.69) is 10.3 Å². The van der Waals surface area contributed by atoms with Crippen LogP contribution < -0.4 is 4.74 Å². The molecule has 1 unspecified atom stereocenters. The quantitative estimate of drug-likeness (QED) is 0.516. The normalized spacial score (nSPS) is 11.9. The summed E-state index contributed by atoms with van der Waals surface area (Å²) >= 11 is 0. The molecule has 3 aromatic rings. The fourth-order valence-corrected chi connectivity index (χ4v) is 2.57. The zero-order chi connectivity index (χ0) is 19.4. The van der Waals surface area contributed by atoms with Gasteiger partial charge in [-0.25, -0.2) is 4.68 Å². The summed E-state index contributed by atoms with van der Waals surface area (Å²) in [5.41, 5.74) is 2.00. The van der Waals surface area contributed by atoms with Crippen molar-refractivity contribution in [3.05, 3.63) is 48.7 Å². The van der Waals surface area contributed by atoms with Gasteiger partial charge in [0.25, 0.3) is 0 Å². The molecule has 8 nitrogen and oxygen atoms in total. The number of aromatic nitrogens is 3. The number of likely N-dealkylation sites (N-methyl/N-ethyl adjacent to an activating group) is 1. The van der Waals surface area contributed by atoms with Crippen LogP contribution in [0, 0.1) is 0 Å². The number of ether oxygens (including phenoxy) is 1. The molecule has 1 aromatic heterocycles. The Morgan fingerprint density at radius 2 is 1.79 bits per heavy atom. The van der Waals surface area contributed by atoms with E-state index in [1.54, 1.807) is 29.1 Å². The Morgan fingerprint density at radius 3 is 2.43 bits per heavy atom. The van der Waals surface area contributed by atoms with Crippen molar-refractivity contribution in [2.24, 2.45) is 0 Å². The molecule has 0 amide bonds. The van der Waals surface area contributed by atoms with Gasteiger partial charge < -0.3 is 25.0 Å². The minimum absolute atomic E-state index is 0. The Labute approximate surface area is 169 Å². The van der Waals surface area contributed by atoms with Crippen molar-refractivity contribution >= 4 is 12.4 Å². The maximum absolute atomic E-state index is 9.84. The highest BCUT2D eigenvalue weighted by atomic mass is 35.5. The summed E-state index contributed by atoms with van der Waals surface area (Å²) in [6.07, 6.45) is 1.17. The Bertz CT molecular complexity index is 899. The lowest BCUT2D eigenvalue weighted by atomic mass is 10.1. The molecule has 3 N–H and O–H groups in total. The third kappa shape index (κ3) is 5.35. The zero-order valence-corrected chi connectivity index (χ0v) is 16.4. The molecule has 9 heteroatoms. The molecule has 0 spiro atoms. The first-order valence-electron chi connectivity index (χ1n) is 8.43. The molecule has 150 valence electrons. The first kappa shape index (κ1) is 21.5. The lowest BCUT2D eigenvalue weighted by Gasteiger charge is -2.16. The second-order valence-electron chi connectivity index (χ2n) is 6.47. The second kappa shape index (κ2) is 9.41. The van der Waals surface area contributed by atoms with E-state index in [0.717, 1.165) is 5.69 Å². The van der Waals surface area contributed by atoms with Crippen LogP contribution >= 0.6 is 12.4 Å². The number of phenolic OH excluding ortho intramolecular Hbond substituents is 2. The first-order valence-corrected chi connectivity index (χ1v) is 8.43. The van der Waals surface area contributed by atoms with Crippen LogP contribution in [-0.2, 0) is 0 Å². The van der Waals surface area contributed by atoms with Crippen LogP contribution in [0.3, 0.4) is 0 Å². The van der Waals surface area contributed by atoms with Gasteiger partial charge in [0.05, 0.1) is 11.9 Å². The number of hydrogen-bond donors (Lipinski definition) is 3. The Hall–Kier alpha value is -2.81. The molecule has 1 heterocycles. The van der Waals surface area contributed by atoms with Gasteiger partial charge in [-0.15, -0.1) is 17.5 Å². The van der Waals surface area contributed by atoms with Crippen LogP contribution in [-0.4, -0.2) is 68.6 Å². The highest BCUT2D eigenvalue weighted by Crippen LogP contribution is 2.29. The van der Waals surface area contributed by atoms with Gasteiger partial charge in [0, 0.05) is 12.1 Å². The second-order valence-corrected chi connectivity index (χ2v) is 6.47. The van der Waals surface area contributed by atoms with Crippen LogP contribution in [0.5, 0.6) is 17.2 Å². The summed E-state index contributed by atoms with van der Waals surface area (Å²) in [5.74, 6) is 0.262. The molecule has 0 aliphatic heterocycles. The monoisotopic (exact) mass is 406 g/mol. The van der Waals surface area contributed by atoms with Gasteiger partial charge >= 0.3 is 0 Å². The maximum atomic E-state index is 9.84. The van der Waals surface area contributed by atoms with E-state index in [1.807, 2.05) is 31.1 Å². The van der Waals surface area contributed by atoms with Crippen LogP contribution in [0.1, 0.15) is 0 Å². The molecule has 2 aromatic carbocycles. The maximum Gasteiger partial charge on any atom is 0.158 e.